The largest absolute Gasteiger partial charge is 0.493 e. The van der Waals surface area contributed by atoms with Gasteiger partial charge in [-0.1, -0.05) is 12.1 Å². The van der Waals surface area contributed by atoms with E-state index in [9.17, 15) is 9.59 Å². The van der Waals surface area contributed by atoms with Gasteiger partial charge >= 0.3 is 5.97 Å². The Kier molecular flexibility index (Phi) is 6.79. The van der Waals surface area contributed by atoms with Crippen LogP contribution in [0.15, 0.2) is 48.5 Å². The van der Waals surface area contributed by atoms with Gasteiger partial charge in [0.1, 0.15) is 0 Å². The van der Waals surface area contributed by atoms with Crippen molar-refractivity contribution >= 4 is 23.6 Å². The molecule has 26 heavy (non-hydrogen) atoms. The van der Waals surface area contributed by atoms with Crippen LogP contribution < -0.4 is 14.8 Å². The highest BCUT2D eigenvalue weighted by molar-refractivity contribution is 6.02. The smallest absolute Gasteiger partial charge is 0.337 e. The van der Waals surface area contributed by atoms with E-state index in [-0.39, 0.29) is 5.91 Å². The van der Waals surface area contributed by atoms with E-state index in [1.165, 1.54) is 13.2 Å². The maximum absolute atomic E-state index is 12.1. The predicted molar refractivity (Wildman–Crippen MR) is 99.6 cm³/mol. The molecule has 0 atom stereocenters. The maximum Gasteiger partial charge on any atom is 0.337 e. The number of carbonyl (C=O) groups excluding carboxylic acids is 2. The van der Waals surface area contributed by atoms with Crippen LogP contribution >= 0.6 is 0 Å². The van der Waals surface area contributed by atoms with Crippen LogP contribution in [0.5, 0.6) is 11.5 Å². The normalized spacial score (nSPS) is 10.4. The van der Waals surface area contributed by atoms with Crippen molar-refractivity contribution in [1.82, 2.24) is 0 Å². The molecule has 0 saturated heterocycles. The molecule has 0 heterocycles. The van der Waals surface area contributed by atoms with Crippen LogP contribution in [0.4, 0.5) is 5.69 Å². The molecule has 1 amide bonds. The third-order valence-corrected chi connectivity index (χ3v) is 3.47. The SMILES string of the molecule is CCOc1ccc(C=CC(=O)Nc2cccc(C(=O)OC)c2)cc1OC. The quantitative estimate of drug-likeness (QED) is 0.607. The molecule has 2 rings (SSSR count). The number of amides is 1. The highest BCUT2D eigenvalue weighted by atomic mass is 16.5. The summed E-state index contributed by atoms with van der Waals surface area (Å²) in [6, 6.07) is 11.9. The molecule has 1 N–H and O–H groups in total. The van der Waals surface area contributed by atoms with E-state index >= 15 is 0 Å². The molecule has 2 aromatic carbocycles. The van der Waals surface area contributed by atoms with Gasteiger partial charge < -0.3 is 19.5 Å². The molecule has 0 aliphatic rings. The summed E-state index contributed by atoms with van der Waals surface area (Å²) in [7, 11) is 2.87. The highest BCUT2D eigenvalue weighted by Gasteiger charge is 2.07. The molecule has 0 saturated carbocycles. The molecule has 0 aromatic heterocycles. The molecule has 2 aromatic rings. The predicted octanol–water partition coefficient (Wildman–Crippen LogP) is 3.53. The Morgan fingerprint density at radius 1 is 1.08 bits per heavy atom. The van der Waals surface area contributed by atoms with Crippen LogP contribution in [0, 0.1) is 0 Å². The molecule has 0 bridgehead atoms. The lowest BCUT2D eigenvalue weighted by Crippen LogP contribution is -2.09. The van der Waals surface area contributed by atoms with Crippen LogP contribution in [0.25, 0.3) is 6.08 Å². The van der Waals surface area contributed by atoms with Gasteiger partial charge in [-0.15, -0.1) is 0 Å². The summed E-state index contributed by atoms with van der Waals surface area (Å²) in [5.41, 5.74) is 1.67. The third kappa shape index (κ3) is 5.11. The van der Waals surface area contributed by atoms with Crippen LogP contribution in [0.1, 0.15) is 22.8 Å². The first kappa shape index (κ1) is 19.1. The molecule has 136 valence electrons. The zero-order valence-corrected chi connectivity index (χ0v) is 14.9. The summed E-state index contributed by atoms with van der Waals surface area (Å²) in [6.45, 7) is 2.44. The average Bonchev–Trinajstić information content (AvgIpc) is 2.67. The van der Waals surface area contributed by atoms with Crippen molar-refractivity contribution in [3.05, 3.63) is 59.7 Å². The van der Waals surface area contributed by atoms with Crippen molar-refractivity contribution in [1.29, 1.82) is 0 Å². The summed E-state index contributed by atoms with van der Waals surface area (Å²) in [4.78, 5) is 23.6. The summed E-state index contributed by atoms with van der Waals surface area (Å²) in [5.74, 6) is 0.467. The van der Waals surface area contributed by atoms with Crippen LogP contribution in [-0.2, 0) is 9.53 Å². The number of benzene rings is 2. The molecular formula is C20H21NO5. The highest BCUT2D eigenvalue weighted by Crippen LogP contribution is 2.28. The van der Waals surface area contributed by atoms with E-state index < -0.39 is 5.97 Å². The van der Waals surface area contributed by atoms with Crippen molar-refractivity contribution in [3.63, 3.8) is 0 Å². The van der Waals surface area contributed by atoms with Crippen molar-refractivity contribution in [2.45, 2.75) is 6.92 Å². The van der Waals surface area contributed by atoms with E-state index in [1.54, 1.807) is 49.6 Å². The molecule has 0 aliphatic heterocycles. The number of ether oxygens (including phenoxy) is 3. The Morgan fingerprint density at radius 2 is 1.88 bits per heavy atom. The van der Waals surface area contributed by atoms with Gasteiger partial charge in [-0.3, -0.25) is 4.79 Å². The topological polar surface area (TPSA) is 73.9 Å². The molecule has 0 radical (unpaired) electrons. The summed E-state index contributed by atoms with van der Waals surface area (Å²) in [5, 5.41) is 2.70. The Hall–Kier alpha value is -3.28. The van der Waals surface area contributed by atoms with Crippen LogP contribution in [-0.4, -0.2) is 32.7 Å². The van der Waals surface area contributed by atoms with E-state index in [0.29, 0.717) is 29.4 Å². The molecule has 6 heteroatoms. The molecule has 0 unspecified atom stereocenters. The maximum atomic E-state index is 12.1. The van der Waals surface area contributed by atoms with Crippen LogP contribution in [0.2, 0.25) is 0 Å². The van der Waals surface area contributed by atoms with Gasteiger partial charge in [0.2, 0.25) is 5.91 Å². The standard InChI is InChI=1S/C20H21NO5/c1-4-26-17-10-8-14(12-18(17)24-2)9-11-19(22)21-16-7-5-6-15(13-16)20(23)25-3/h5-13H,4H2,1-3H3,(H,21,22). The Balaban J connectivity index is 2.07. The van der Waals surface area contributed by atoms with Crippen molar-refractivity contribution < 1.29 is 23.8 Å². The number of anilines is 1. The summed E-state index contributed by atoms with van der Waals surface area (Å²) < 4.78 is 15.4. The van der Waals surface area contributed by atoms with Gasteiger partial charge in [-0.2, -0.15) is 0 Å². The van der Waals surface area contributed by atoms with Gasteiger partial charge in [0.05, 0.1) is 26.4 Å². The first-order valence-corrected chi connectivity index (χ1v) is 8.05. The molecule has 0 fully saturated rings. The summed E-state index contributed by atoms with van der Waals surface area (Å²) >= 11 is 0. The number of hydrogen-bond donors (Lipinski definition) is 1. The minimum atomic E-state index is -0.460. The minimum Gasteiger partial charge on any atom is -0.493 e. The van der Waals surface area contributed by atoms with Gasteiger partial charge in [0, 0.05) is 11.8 Å². The second-order valence-electron chi connectivity index (χ2n) is 5.24. The lowest BCUT2D eigenvalue weighted by molar-refractivity contribution is -0.111. The van der Waals surface area contributed by atoms with Gasteiger partial charge in [0.15, 0.2) is 11.5 Å². The van der Waals surface area contributed by atoms with Gasteiger partial charge in [-0.05, 0) is 48.9 Å². The fourth-order valence-electron chi connectivity index (χ4n) is 2.26. The zero-order valence-electron chi connectivity index (χ0n) is 14.9. The number of carbonyl (C=O) groups is 2. The van der Waals surface area contributed by atoms with Crippen molar-refractivity contribution in [3.8, 4) is 11.5 Å². The van der Waals surface area contributed by atoms with Crippen molar-refractivity contribution in [2.24, 2.45) is 0 Å². The number of methoxy groups -OCH3 is 2. The lowest BCUT2D eigenvalue weighted by Gasteiger charge is -2.09. The number of nitrogens with one attached hydrogen (secondary N) is 1. The molecular weight excluding hydrogens is 334 g/mol. The van der Waals surface area contributed by atoms with E-state index in [4.69, 9.17) is 9.47 Å². The molecule has 0 aliphatic carbocycles. The average molecular weight is 355 g/mol. The van der Waals surface area contributed by atoms with Gasteiger partial charge in [-0.25, -0.2) is 4.79 Å². The number of rotatable bonds is 7. The monoisotopic (exact) mass is 355 g/mol. The zero-order chi connectivity index (χ0) is 18.9. The number of hydrogen-bond acceptors (Lipinski definition) is 5. The Morgan fingerprint density at radius 3 is 2.58 bits per heavy atom. The van der Waals surface area contributed by atoms with E-state index in [0.717, 1.165) is 5.56 Å². The minimum absolute atomic E-state index is 0.320. The number of esters is 1. The van der Waals surface area contributed by atoms with Crippen LogP contribution in [0.3, 0.4) is 0 Å². The van der Waals surface area contributed by atoms with Crippen molar-refractivity contribution in [2.75, 3.05) is 26.1 Å². The first-order chi connectivity index (χ1) is 12.6. The Bertz CT molecular complexity index is 814. The van der Waals surface area contributed by atoms with E-state index in [2.05, 4.69) is 10.1 Å². The van der Waals surface area contributed by atoms with Gasteiger partial charge in [0.25, 0.3) is 0 Å². The fourth-order valence-corrected chi connectivity index (χ4v) is 2.26. The Labute approximate surface area is 152 Å². The lowest BCUT2D eigenvalue weighted by atomic mass is 10.1. The molecule has 0 spiro atoms. The second-order valence-corrected chi connectivity index (χ2v) is 5.24. The first-order valence-electron chi connectivity index (χ1n) is 8.05. The second kappa shape index (κ2) is 9.27. The van der Waals surface area contributed by atoms with E-state index in [1.807, 2.05) is 13.0 Å². The third-order valence-electron chi connectivity index (χ3n) is 3.47. The fraction of sp³-hybridized carbons (Fsp3) is 0.200. The molecule has 6 nitrogen and oxygen atoms in total. The summed E-state index contributed by atoms with van der Waals surface area (Å²) in [6.07, 6.45) is 3.07.